The molecule has 1 aromatic rings. The van der Waals surface area contributed by atoms with E-state index in [1.807, 2.05) is 6.92 Å². The zero-order valence-corrected chi connectivity index (χ0v) is 10.6. The summed E-state index contributed by atoms with van der Waals surface area (Å²) in [6.07, 6.45) is 6.49. The smallest absolute Gasteiger partial charge is 0.223 e. The fourth-order valence-electron chi connectivity index (χ4n) is 1.66. The van der Waals surface area contributed by atoms with Crippen LogP contribution in [0.3, 0.4) is 0 Å². The lowest BCUT2D eigenvalue weighted by molar-refractivity contribution is 0.382. The molecule has 0 aliphatic heterocycles. The fourth-order valence-corrected chi connectivity index (χ4v) is 1.66. The van der Waals surface area contributed by atoms with Gasteiger partial charge in [-0.3, -0.25) is 0 Å². The monoisotopic (exact) mass is 225 g/mol. The molecule has 1 rings (SSSR count). The van der Waals surface area contributed by atoms with Gasteiger partial charge in [-0.05, 0) is 13.3 Å². The van der Waals surface area contributed by atoms with Gasteiger partial charge in [0.25, 0.3) is 0 Å². The van der Waals surface area contributed by atoms with E-state index in [2.05, 4.69) is 29.3 Å². The van der Waals surface area contributed by atoms with Crippen molar-refractivity contribution in [3.05, 3.63) is 11.7 Å². The molecule has 1 aromatic heterocycles. The van der Waals surface area contributed by atoms with E-state index in [4.69, 9.17) is 4.52 Å². The summed E-state index contributed by atoms with van der Waals surface area (Å²) < 4.78 is 4.91. The van der Waals surface area contributed by atoms with E-state index in [9.17, 15) is 0 Å². The Labute approximate surface area is 97.8 Å². The average molecular weight is 225 g/mol. The van der Waals surface area contributed by atoms with Crippen molar-refractivity contribution in [2.24, 2.45) is 0 Å². The zero-order chi connectivity index (χ0) is 11.8. The van der Waals surface area contributed by atoms with Crippen LogP contribution in [0, 0.1) is 6.92 Å². The van der Waals surface area contributed by atoms with Crippen molar-refractivity contribution in [2.75, 3.05) is 0 Å². The molecular weight excluding hydrogens is 202 g/mol. The lowest BCUT2D eigenvalue weighted by atomic mass is 10.1. The molecule has 0 fully saturated rings. The van der Waals surface area contributed by atoms with Gasteiger partial charge >= 0.3 is 0 Å². The fraction of sp³-hybridized carbons (Fsp3) is 0.833. The van der Waals surface area contributed by atoms with E-state index in [-0.39, 0.29) is 0 Å². The Morgan fingerprint density at radius 3 is 2.75 bits per heavy atom. The summed E-state index contributed by atoms with van der Waals surface area (Å²) >= 11 is 0. The lowest BCUT2D eigenvalue weighted by Crippen LogP contribution is -2.25. The molecule has 16 heavy (non-hydrogen) atoms. The number of aryl methyl sites for hydroxylation is 1. The van der Waals surface area contributed by atoms with E-state index >= 15 is 0 Å². The van der Waals surface area contributed by atoms with Gasteiger partial charge in [-0.15, -0.1) is 0 Å². The van der Waals surface area contributed by atoms with Crippen molar-refractivity contribution in [3.63, 3.8) is 0 Å². The van der Waals surface area contributed by atoms with E-state index < -0.39 is 0 Å². The molecule has 0 saturated carbocycles. The van der Waals surface area contributed by atoms with Gasteiger partial charge in [0.05, 0.1) is 6.54 Å². The summed E-state index contributed by atoms with van der Waals surface area (Å²) in [6, 6.07) is 0.524. The second-order valence-electron chi connectivity index (χ2n) is 4.36. The van der Waals surface area contributed by atoms with Crippen LogP contribution in [0.15, 0.2) is 4.52 Å². The molecule has 0 radical (unpaired) electrons. The molecular formula is C12H23N3O. The Morgan fingerprint density at radius 2 is 2.12 bits per heavy atom. The predicted octanol–water partition coefficient (Wildman–Crippen LogP) is 2.83. The molecule has 1 heterocycles. The number of rotatable bonds is 8. The Kier molecular flexibility index (Phi) is 6.08. The van der Waals surface area contributed by atoms with Crippen molar-refractivity contribution in [2.45, 2.75) is 65.5 Å². The van der Waals surface area contributed by atoms with E-state index in [1.165, 1.54) is 32.1 Å². The van der Waals surface area contributed by atoms with Crippen LogP contribution in [-0.2, 0) is 6.54 Å². The highest BCUT2D eigenvalue weighted by atomic mass is 16.5. The maximum absolute atomic E-state index is 4.91. The molecule has 4 nitrogen and oxygen atoms in total. The minimum Gasteiger partial charge on any atom is -0.340 e. The first kappa shape index (κ1) is 13.2. The third-order valence-corrected chi connectivity index (χ3v) is 2.67. The molecule has 0 amide bonds. The first-order valence-corrected chi connectivity index (χ1v) is 6.25. The van der Waals surface area contributed by atoms with Gasteiger partial charge in [0.2, 0.25) is 5.89 Å². The van der Waals surface area contributed by atoms with Crippen LogP contribution in [0.4, 0.5) is 0 Å². The van der Waals surface area contributed by atoms with Crippen LogP contribution < -0.4 is 5.32 Å². The quantitative estimate of drug-likeness (QED) is 0.691. The Bertz CT molecular complexity index is 286. The minimum absolute atomic E-state index is 0.524. The highest BCUT2D eigenvalue weighted by molar-refractivity contribution is 4.83. The largest absolute Gasteiger partial charge is 0.340 e. The topological polar surface area (TPSA) is 51.0 Å². The van der Waals surface area contributed by atoms with Crippen LogP contribution in [-0.4, -0.2) is 16.2 Å². The number of hydrogen-bond acceptors (Lipinski definition) is 4. The Morgan fingerprint density at radius 1 is 1.31 bits per heavy atom. The first-order chi connectivity index (χ1) is 7.72. The van der Waals surface area contributed by atoms with Gasteiger partial charge in [0, 0.05) is 13.0 Å². The molecule has 0 bridgehead atoms. The first-order valence-electron chi connectivity index (χ1n) is 6.25. The summed E-state index contributed by atoms with van der Waals surface area (Å²) in [5.41, 5.74) is 0. The average Bonchev–Trinajstić information content (AvgIpc) is 2.68. The van der Waals surface area contributed by atoms with Gasteiger partial charge in [-0.2, -0.15) is 4.98 Å². The maximum atomic E-state index is 4.91. The third kappa shape index (κ3) is 5.26. The van der Waals surface area contributed by atoms with Gasteiger partial charge in [0.15, 0.2) is 5.82 Å². The molecule has 4 heteroatoms. The highest BCUT2D eigenvalue weighted by Crippen LogP contribution is 2.05. The lowest BCUT2D eigenvalue weighted by Gasteiger charge is -2.11. The normalized spacial score (nSPS) is 12.9. The molecule has 0 aliphatic carbocycles. The van der Waals surface area contributed by atoms with Gasteiger partial charge in [0.1, 0.15) is 0 Å². The van der Waals surface area contributed by atoms with Crippen molar-refractivity contribution < 1.29 is 4.52 Å². The van der Waals surface area contributed by atoms with Crippen molar-refractivity contribution in [1.82, 2.24) is 15.5 Å². The van der Waals surface area contributed by atoms with Gasteiger partial charge in [-0.1, -0.05) is 37.8 Å². The second kappa shape index (κ2) is 7.39. The van der Waals surface area contributed by atoms with Gasteiger partial charge in [-0.25, -0.2) is 0 Å². The molecule has 0 spiro atoms. The van der Waals surface area contributed by atoms with Crippen LogP contribution >= 0.6 is 0 Å². The summed E-state index contributed by atoms with van der Waals surface area (Å²) in [7, 11) is 0. The Hall–Kier alpha value is -0.900. The van der Waals surface area contributed by atoms with Crippen molar-refractivity contribution in [3.8, 4) is 0 Å². The van der Waals surface area contributed by atoms with Crippen molar-refractivity contribution in [1.29, 1.82) is 0 Å². The number of nitrogens with one attached hydrogen (secondary N) is 1. The number of aromatic nitrogens is 2. The Balaban J connectivity index is 2.08. The molecule has 0 aliphatic rings. The summed E-state index contributed by atoms with van der Waals surface area (Å²) in [5, 5.41) is 7.25. The minimum atomic E-state index is 0.524. The van der Waals surface area contributed by atoms with Gasteiger partial charge < -0.3 is 9.84 Å². The molecule has 1 atom stereocenters. The number of hydrogen-bond donors (Lipinski definition) is 1. The van der Waals surface area contributed by atoms with Crippen LogP contribution in [0.25, 0.3) is 0 Å². The van der Waals surface area contributed by atoms with Crippen LogP contribution in [0.5, 0.6) is 0 Å². The highest BCUT2D eigenvalue weighted by Gasteiger charge is 2.05. The molecule has 1 N–H and O–H groups in total. The molecule has 92 valence electrons. The van der Waals surface area contributed by atoms with E-state index in [0.29, 0.717) is 18.5 Å². The standard InChI is InChI=1S/C12H23N3O/c1-4-5-6-7-8-10(2)13-9-12-14-11(3)16-15-12/h10,13H,4-9H2,1-3H3. The summed E-state index contributed by atoms with van der Waals surface area (Å²) in [4.78, 5) is 4.15. The zero-order valence-electron chi connectivity index (χ0n) is 10.6. The predicted molar refractivity (Wildman–Crippen MR) is 64.1 cm³/mol. The summed E-state index contributed by atoms with van der Waals surface area (Å²) in [6.45, 7) is 6.95. The third-order valence-electron chi connectivity index (χ3n) is 2.67. The maximum Gasteiger partial charge on any atom is 0.223 e. The summed E-state index contributed by atoms with van der Waals surface area (Å²) in [5.74, 6) is 1.38. The molecule has 0 aromatic carbocycles. The second-order valence-corrected chi connectivity index (χ2v) is 4.36. The van der Waals surface area contributed by atoms with Crippen LogP contribution in [0.2, 0.25) is 0 Å². The van der Waals surface area contributed by atoms with E-state index in [1.54, 1.807) is 0 Å². The SMILES string of the molecule is CCCCCCC(C)NCc1noc(C)n1. The van der Waals surface area contributed by atoms with Crippen LogP contribution in [0.1, 0.15) is 57.7 Å². The van der Waals surface area contributed by atoms with E-state index in [0.717, 1.165) is 5.82 Å². The number of unbranched alkanes of at least 4 members (excludes halogenated alkanes) is 3. The van der Waals surface area contributed by atoms with Crippen molar-refractivity contribution >= 4 is 0 Å². The molecule has 0 saturated heterocycles. The number of nitrogens with zero attached hydrogens (tertiary/aromatic N) is 2. The molecule has 1 unspecified atom stereocenters.